The second-order valence-electron chi connectivity index (χ2n) is 17.7. The molecule has 2 aliphatic rings. The van der Waals surface area contributed by atoms with Crippen molar-refractivity contribution in [3.8, 4) is 89.0 Å². The summed E-state index contributed by atoms with van der Waals surface area (Å²) in [4.78, 5) is 0. The van der Waals surface area contributed by atoms with Gasteiger partial charge in [0.05, 0.1) is 0 Å². The van der Waals surface area contributed by atoms with Gasteiger partial charge in [0.25, 0.3) is 0 Å². The summed E-state index contributed by atoms with van der Waals surface area (Å²) in [6.45, 7) is 6.95. The summed E-state index contributed by atoms with van der Waals surface area (Å²) in [5, 5.41) is 10.6. The highest BCUT2D eigenvalue weighted by Gasteiger charge is 2.32. The topological polar surface area (TPSA) is 0 Å². The van der Waals surface area contributed by atoms with Crippen molar-refractivity contribution in [1.29, 1.82) is 0 Å². The van der Waals surface area contributed by atoms with Crippen LogP contribution >= 0.6 is 0 Å². The molecular formula is C64H46. The van der Waals surface area contributed by atoms with Crippen molar-refractivity contribution in [2.24, 2.45) is 0 Å². The Hall–Kier alpha value is -7.54. The van der Waals surface area contributed by atoms with Crippen molar-refractivity contribution in [1.82, 2.24) is 0 Å². The van der Waals surface area contributed by atoms with Crippen molar-refractivity contribution in [3.05, 3.63) is 205 Å². The number of benzene rings is 11. The largest absolute Gasteiger partial charge is 0.0622 e. The Balaban J connectivity index is 1.01. The molecule has 13 rings (SSSR count). The fourth-order valence-electron chi connectivity index (χ4n) is 12.1. The number of hydrogen-bond acceptors (Lipinski definition) is 0. The zero-order valence-corrected chi connectivity index (χ0v) is 36.5. The van der Waals surface area contributed by atoms with E-state index in [1.807, 2.05) is 0 Å². The van der Waals surface area contributed by atoms with Crippen molar-refractivity contribution < 1.29 is 0 Å². The van der Waals surface area contributed by atoms with E-state index in [1.54, 1.807) is 0 Å². The highest BCUT2D eigenvalue weighted by Crippen LogP contribution is 2.58. The quantitative estimate of drug-likeness (QED) is 0.150. The Labute approximate surface area is 375 Å². The first-order valence-corrected chi connectivity index (χ1v) is 23.2. The molecule has 0 saturated carbocycles. The van der Waals surface area contributed by atoms with E-state index < -0.39 is 0 Å². The van der Waals surface area contributed by atoms with Crippen LogP contribution in [-0.2, 0) is 19.3 Å². The van der Waals surface area contributed by atoms with Gasteiger partial charge in [0, 0.05) is 0 Å². The van der Waals surface area contributed by atoms with Gasteiger partial charge in [-0.2, -0.15) is 0 Å². The summed E-state index contributed by atoms with van der Waals surface area (Å²) in [6.07, 6.45) is 2.94. The molecular weight excluding hydrogens is 769 g/mol. The first-order valence-electron chi connectivity index (χ1n) is 23.2. The molecule has 0 atom stereocenters. The predicted octanol–water partition coefficient (Wildman–Crippen LogP) is 17.9. The van der Waals surface area contributed by atoms with Gasteiger partial charge in [-0.3, -0.25) is 0 Å². The van der Waals surface area contributed by atoms with Gasteiger partial charge in [-0.15, -0.1) is 0 Å². The highest BCUT2D eigenvalue weighted by atomic mass is 14.3. The summed E-state index contributed by atoms with van der Waals surface area (Å²) in [5.74, 6) is 0. The van der Waals surface area contributed by atoms with Crippen LogP contribution in [-0.4, -0.2) is 0 Å². The predicted molar refractivity (Wildman–Crippen MR) is 275 cm³/mol. The van der Waals surface area contributed by atoms with Crippen LogP contribution in [0.5, 0.6) is 0 Å². The van der Waals surface area contributed by atoms with Crippen LogP contribution in [0.15, 0.2) is 188 Å². The lowest BCUT2D eigenvalue weighted by molar-refractivity contribution is 1.11. The minimum absolute atomic E-state index is 0.971. The summed E-state index contributed by atoms with van der Waals surface area (Å²) in [7, 11) is 0. The number of aryl methyl sites for hydroxylation is 2. The number of rotatable bonds is 7. The van der Waals surface area contributed by atoms with Gasteiger partial charge < -0.3 is 0 Å². The molecule has 0 N–H and O–H groups in total. The molecule has 302 valence electrons. The standard InChI is InChI=1S/C64H46/c1-4-38-37-57(39-19-9-7-10-20-39)42(6-3)62-55-35-33-48(51-27-17-29-53(58(38)62)60(51)55)46-31-32-47(45-25-14-13-24-44(45)46)49-34-36-56-61-52(49)28-18-30-54(61)63-41(5-2)43-23-15-16-26-50(43)59(64(56)63)40-21-11-8-12-22-40/h7-37H,4-6H2,1-3H3. The van der Waals surface area contributed by atoms with Crippen molar-refractivity contribution in [3.63, 3.8) is 0 Å². The minimum Gasteiger partial charge on any atom is -0.0622 e. The third-order valence-corrected chi connectivity index (χ3v) is 14.7. The molecule has 2 aliphatic carbocycles. The molecule has 0 radical (unpaired) electrons. The maximum Gasteiger partial charge on any atom is -0.00109 e. The fourth-order valence-corrected chi connectivity index (χ4v) is 12.1. The third-order valence-electron chi connectivity index (χ3n) is 14.7. The Bertz CT molecular complexity index is 3750. The monoisotopic (exact) mass is 814 g/mol. The maximum absolute atomic E-state index is 2.48. The molecule has 0 bridgehead atoms. The third kappa shape index (κ3) is 5.06. The van der Waals surface area contributed by atoms with Crippen LogP contribution in [0.4, 0.5) is 0 Å². The average Bonchev–Trinajstić information content (AvgIpc) is 3.88. The lowest BCUT2D eigenvalue weighted by Gasteiger charge is -2.19. The second kappa shape index (κ2) is 14.2. The molecule has 64 heavy (non-hydrogen) atoms. The molecule has 11 aromatic rings. The van der Waals surface area contributed by atoms with Gasteiger partial charge in [0.15, 0.2) is 0 Å². The Morgan fingerprint density at radius 2 is 0.672 bits per heavy atom. The Kier molecular flexibility index (Phi) is 8.25. The van der Waals surface area contributed by atoms with E-state index in [0.717, 1.165) is 19.3 Å². The summed E-state index contributed by atoms with van der Waals surface area (Å²) >= 11 is 0. The van der Waals surface area contributed by atoms with E-state index in [4.69, 9.17) is 0 Å². The normalized spacial score (nSPS) is 12.2. The smallest absolute Gasteiger partial charge is 0.00109 e. The Morgan fingerprint density at radius 3 is 1.23 bits per heavy atom. The second-order valence-corrected chi connectivity index (χ2v) is 17.7. The zero-order chi connectivity index (χ0) is 42.6. The molecule has 0 amide bonds. The van der Waals surface area contributed by atoms with Crippen LogP contribution in [0, 0.1) is 0 Å². The lowest BCUT2D eigenvalue weighted by atomic mass is 9.84. The van der Waals surface area contributed by atoms with Gasteiger partial charge in [0.2, 0.25) is 0 Å². The van der Waals surface area contributed by atoms with Gasteiger partial charge in [0.1, 0.15) is 0 Å². The van der Waals surface area contributed by atoms with Crippen molar-refractivity contribution in [2.75, 3.05) is 0 Å². The summed E-state index contributed by atoms with van der Waals surface area (Å²) in [5.41, 5.74) is 25.8. The van der Waals surface area contributed by atoms with E-state index in [0.29, 0.717) is 0 Å². The van der Waals surface area contributed by atoms with Crippen molar-refractivity contribution >= 4 is 43.1 Å². The minimum atomic E-state index is 0.971. The molecule has 0 heteroatoms. The maximum atomic E-state index is 2.48. The van der Waals surface area contributed by atoms with Crippen LogP contribution in [0.3, 0.4) is 0 Å². The van der Waals surface area contributed by atoms with Crippen LogP contribution in [0.25, 0.3) is 132 Å². The van der Waals surface area contributed by atoms with Gasteiger partial charge in [-0.25, -0.2) is 0 Å². The number of fused-ring (bicyclic) bond motifs is 8. The molecule has 0 aliphatic heterocycles. The van der Waals surface area contributed by atoms with Crippen LogP contribution < -0.4 is 0 Å². The van der Waals surface area contributed by atoms with Gasteiger partial charge >= 0.3 is 0 Å². The van der Waals surface area contributed by atoms with Crippen molar-refractivity contribution in [2.45, 2.75) is 40.0 Å². The zero-order valence-electron chi connectivity index (χ0n) is 36.5. The molecule has 0 heterocycles. The molecule has 0 fully saturated rings. The molecule has 0 saturated heterocycles. The first kappa shape index (κ1) is 37.1. The molecule has 0 spiro atoms. The van der Waals surface area contributed by atoms with E-state index in [1.165, 1.54) is 149 Å². The SMILES string of the molecule is CCc1cc(-c2ccccc2)c(CC)c2c1-c1cccc3c(-c4ccc(-c5ccc6c7c(cccc57)-c5c-6c(-c6ccccc6)c6ccccc6c5CC)c5ccccc45)ccc-2c13. The van der Waals surface area contributed by atoms with Gasteiger partial charge in [-0.1, -0.05) is 209 Å². The first-order chi connectivity index (χ1) is 31.7. The van der Waals surface area contributed by atoms with E-state index in [9.17, 15) is 0 Å². The summed E-state index contributed by atoms with van der Waals surface area (Å²) < 4.78 is 0. The van der Waals surface area contributed by atoms with Crippen LogP contribution in [0.1, 0.15) is 37.5 Å². The molecule has 0 aromatic heterocycles. The number of hydrogen-bond donors (Lipinski definition) is 0. The summed E-state index contributed by atoms with van der Waals surface area (Å²) in [6, 6.07) is 71.2. The fraction of sp³-hybridized carbons (Fsp3) is 0.0938. The average molecular weight is 815 g/mol. The molecule has 11 aromatic carbocycles. The highest BCUT2D eigenvalue weighted by molar-refractivity contribution is 6.27. The van der Waals surface area contributed by atoms with E-state index in [-0.39, 0.29) is 0 Å². The van der Waals surface area contributed by atoms with E-state index in [2.05, 4.69) is 209 Å². The van der Waals surface area contributed by atoms with Gasteiger partial charge in [-0.05, 0) is 168 Å². The van der Waals surface area contributed by atoms with E-state index >= 15 is 0 Å². The Morgan fingerprint density at radius 1 is 0.250 bits per heavy atom. The molecule has 0 unspecified atom stereocenters. The van der Waals surface area contributed by atoms with Crippen LogP contribution in [0.2, 0.25) is 0 Å². The molecule has 0 nitrogen and oxygen atoms in total. The lowest BCUT2D eigenvalue weighted by Crippen LogP contribution is -1.97.